The van der Waals surface area contributed by atoms with Crippen molar-refractivity contribution in [3.63, 3.8) is 0 Å². The quantitative estimate of drug-likeness (QED) is 0.0211. The second-order valence-electron chi connectivity index (χ2n) is 23.1. The number of ether oxygens (including phenoxy) is 2. The summed E-state index contributed by atoms with van der Waals surface area (Å²) in [5, 5.41) is 0. The van der Waals surface area contributed by atoms with E-state index in [9.17, 15) is 19.0 Å². The number of likely N-dealkylation sites (N-methyl/N-ethyl adjacent to an activating group) is 1. The summed E-state index contributed by atoms with van der Waals surface area (Å²) >= 11 is 0. The van der Waals surface area contributed by atoms with Crippen molar-refractivity contribution < 1.29 is 42.1 Å². The van der Waals surface area contributed by atoms with Gasteiger partial charge in [0.25, 0.3) is 0 Å². The van der Waals surface area contributed by atoms with Crippen LogP contribution in [0.15, 0.2) is 48.6 Å². The Bertz CT molecular complexity index is 1420. The number of allylic oxidation sites excluding steroid dienone is 8. The zero-order valence-electron chi connectivity index (χ0n) is 50.8. The van der Waals surface area contributed by atoms with Crippen molar-refractivity contribution in [1.82, 2.24) is 0 Å². The van der Waals surface area contributed by atoms with Gasteiger partial charge in [0, 0.05) is 12.8 Å². The minimum Gasteiger partial charge on any atom is -0.462 e. The number of carbonyl (C=O) groups is 2. The molecule has 0 amide bonds. The third-order valence-electron chi connectivity index (χ3n) is 14.3. The van der Waals surface area contributed by atoms with E-state index in [0.29, 0.717) is 17.4 Å². The average Bonchev–Trinajstić information content (AvgIpc) is 3.38. The summed E-state index contributed by atoms with van der Waals surface area (Å²) in [7, 11) is 1.48. The van der Waals surface area contributed by atoms with Crippen LogP contribution in [0.4, 0.5) is 0 Å². The molecule has 446 valence electrons. The molecule has 0 fully saturated rings. The molecule has 0 radical (unpaired) electrons. The molecule has 10 heteroatoms. The van der Waals surface area contributed by atoms with Crippen LogP contribution in [0.3, 0.4) is 0 Å². The van der Waals surface area contributed by atoms with Gasteiger partial charge in [0.2, 0.25) is 0 Å². The molecule has 0 aliphatic heterocycles. The third-order valence-corrected chi connectivity index (χ3v) is 15.3. The summed E-state index contributed by atoms with van der Waals surface area (Å²) in [5.41, 5.74) is 0. The normalized spacial score (nSPS) is 13.5. The molecule has 0 saturated carbocycles. The number of rotatable bonds is 60. The van der Waals surface area contributed by atoms with Gasteiger partial charge in [-0.2, -0.15) is 0 Å². The van der Waals surface area contributed by atoms with E-state index in [2.05, 4.69) is 62.5 Å². The Hall–Kier alpha value is -2.03. The molecule has 0 aromatic rings. The lowest BCUT2D eigenvalue weighted by Crippen LogP contribution is -2.37. The molecule has 2 unspecified atom stereocenters. The maximum Gasteiger partial charge on any atom is 0.472 e. The number of esters is 2. The SMILES string of the molecule is CCCCC/C=C\C/C=C\C/C=C\CCCCCCCCC(=O)OC(COC(=O)CCCCCCCCCCCCCCCCCCCCCCC/C=C\CCCCCCCCCC)COP(=O)(O)OCC[N+](C)(C)C. The van der Waals surface area contributed by atoms with Crippen molar-refractivity contribution in [3.05, 3.63) is 48.6 Å². The van der Waals surface area contributed by atoms with Crippen molar-refractivity contribution >= 4 is 19.8 Å². The summed E-state index contributed by atoms with van der Waals surface area (Å²) in [6.07, 6.45) is 73.5. The lowest BCUT2D eigenvalue weighted by Gasteiger charge is -2.24. The van der Waals surface area contributed by atoms with Crippen LogP contribution in [-0.2, 0) is 32.7 Å². The lowest BCUT2D eigenvalue weighted by molar-refractivity contribution is -0.870. The van der Waals surface area contributed by atoms with E-state index in [1.807, 2.05) is 21.1 Å². The van der Waals surface area contributed by atoms with Gasteiger partial charge in [-0.05, 0) is 77.0 Å². The summed E-state index contributed by atoms with van der Waals surface area (Å²) in [4.78, 5) is 35.7. The monoisotopic (exact) mass is 1090 g/mol. The minimum atomic E-state index is -4.39. The largest absolute Gasteiger partial charge is 0.472 e. The van der Waals surface area contributed by atoms with Crippen molar-refractivity contribution in [1.29, 1.82) is 0 Å². The van der Waals surface area contributed by atoms with Gasteiger partial charge in [-0.15, -0.1) is 0 Å². The predicted molar refractivity (Wildman–Crippen MR) is 326 cm³/mol. The Morgan fingerprint density at radius 3 is 1.09 bits per heavy atom. The molecule has 1 N–H and O–H groups in total. The molecule has 0 heterocycles. The van der Waals surface area contributed by atoms with E-state index in [4.69, 9.17) is 18.5 Å². The topological polar surface area (TPSA) is 108 Å². The molecular weight excluding hydrogens is 966 g/mol. The van der Waals surface area contributed by atoms with Crippen LogP contribution in [0.5, 0.6) is 0 Å². The number of unbranched alkanes of at least 4 members (excludes halogenated alkanes) is 38. The first-order chi connectivity index (χ1) is 37.0. The van der Waals surface area contributed by atoms with E-state index >= 15 is 0 Å². The van der Waals surface area contributed by atoms with Crippen LogP contribution in [0.2, 0.25) is 0 Å². The van der Waals surface area contributed by atoms with Gasteiger partial charge < -0.3 is 18.9 Å². The number of carbonyl (C=O) groups excluding carboxylic acids is 2. The molecule has 0 aliphatic rings. The maximum absolute atomic E-state index is 12.8. The highest BCUT2D eigenvalue weighted by Crippen LogP contribution is 2.43. The highest BCUT2D eigenvalue weighted by molar-refractivity contribution is 7.47. The molecule has 0 aromatic carbocycles. The van der Waals surface area contributed by atoms with Crippen LogP contribution in [0.25, 0.3) is 0 Å². The van der Waals surface area contributed by atoms with Crippen LogP contribution in [0.1, 0.15) is 309 Å². The lowest BCUT2D eigenvalue weighted by atomic mass is 10.0. The van der Waals surface area contributed by atoms with Gasteiger partial charge in [-0.1, -0.05) is 268 Å². The summed E-state index contributed by atoms with van der Waals surface area (Å²) in [5.74, 6) is -0.800. The Morgan fingerprint density at radius 2 is 0.711 bits per heavy atom. The number of phosphoric acid groups is 1. The molecule has 0 rings (SSSR count). The van der Waals surface area contributed by atoms with Gasteiger partial charge in [-0.25, -0.2) is 4.57 Å². The molecular formula is C66H125NO8P+. The van der Waals surface area contributed by atoms with E-state index < -0.39 is 26.5 Å². The summed E-state index contributed by atoms with van der Waals surface area (Å²) < 4.78 is 34.6. The zero-order chi connectivity index (χ0) is 55.6. The standard InChI is InChI=1S/C66H124NO8P/c1-6-8-10-12-14-16-18-20-22-24-26-27-28-29-30-31-32-33-34-35-36-37-38-39-41-42-44-46-48-50-52-54-56-58-65(68)72-62-64(63-74-76(70,71)73-61-60-67(3,4)5)75-66(69)59-57-55-53-51-49-47-45-43-40-25-23-21-19-17-15-13-11-9-7-2/h15,17,21,23-24,26,40,43,64H,6-14,16,18-20,22,25,27-39,41-42,44-63H2,1-5H3/p+1/b17-15-,23-21-,26-24-,43-40-. The number of hydrogen-bond donors (Lipinski definition) is 1. The molecule has 0 aliphatic carbocycles. The molecule has 0 spiro atoms. The minimum absolute atomic E-state index is 0.0292. The fourth-order valence-corrected chi connectivity index (χ4v) is 10.1. The highest BCUT2D eigenvalue weighted by Gasteiger charge is 2.27. The predicted octanol–water partition coefficient (Wildman–Crippen LogP) is 20.5. The maximum atomic E-state index is 12.8. The van der Waals surface area contributed by atoms with Gasteiger partial charge in [0.15, 0.2) is 6.10 Å². The van der Waals surface area contributed by atoms with E-state index in [1.165, 1.54) is 205 Å². The van der Waals surface area contributed by atoms with Gasteiger partial charge in [-0.3, -0.25) is 18.6 Å². The molecule has 2 atom stereocenters. The van der Waals surface area contributed by atoms with Crippen molar-refractivity contribution in [2.75, 3.05) is 47.5 Å². The highest BCUT2D eigenvalue weighted by atomic mass is 31.2. The van der Waals surface area contributed by atoms with Crippen LogP contribution < -0.4 is 0 Å². The number of nitrogens with zero attached hydrogens (tertiary/aromatic N) is 1. The number of quaternary nitrogens is 1. The Labute approximate surface area is 471 Å². The summed E-state index contributed by atoms with van der Waals surface area (Å²) in [6, 6.07) is 0. The van der Waals surface area contributed by atoms with Crippen molar-refractivity contribution in [2.24, 2.45) is 0 Å². The molecule has 9 nitrogen and oxygen atoms in total. The average molecular weight is 1090 g/mol. The first kappa shape index (κ1) is 74.0. The van der Waals surface area contributed by atoms with Crippen LogP contribution in [-0.4, -0.2) is 74.9 Å². The van der Waals surface area contributed by atoms with E-state index in [0.717, 1.165) is 70.6 Å². The second kappa shape index (κ2) is 57.6. The Balaban J connectivity index is 4.01. The van der Waals surface area contributed by atoms with Crippen molar-refractivity contribution in [3.8, 4) is 0 Å². The number of phosphoric ester groups is 1. The Morgan fingerprint density at radius 1 is 0.408 bits per heavy atom. The second-order valence-corrected chi connectivity index (χ2v) is 24.6. The van der Waals surface area contributed by atoms with Gasteiger partial charge in [0.05, 0.1) is 27.7 Å². The molecule has 0 bridgehead atoms. The van der Waals surface area contributed by atoms with E-state index in [-0.39, 0.29) is 32.0 Å². The smallest absolute Gasteiger partial charge is 0.462 e. The molecule has 0 aromatic heterocycles. The van der Waals surface area contributed by atoms with Gasteiger partial charge in [0.1, 0.15) is 19.8 Å². The molecule has 0 saturated heterocycles. The number of hydrogen-bond acceptors (Lipinski definition) is 7. The zero-order valence-corrected chi connectivity index (χ0v) is 51.6. The Kier molecular flexibility index (Phi) is 56.1. The first-order valence-electron chi connectivity index (χ1n) is 32.4. The fraction of sp³-hybridized carbons (Fsp3) is 0.848. The van der Waals surface area contributed by atoms with Gasteiger partial charge >= 0.3 is 19.8 Å². The first-order valence-corrected chi connectivity index (χ1v) is 33.9. The molecule has 76 heavy (non-hydrogen) atoms. The van der Waals surface area contributed by atoms with Crippen molar-refractivity contribution in [2.45, 2.75) is 315 Å². The van der Waals surface area contributed by atoms with Crippen LogP contribution >= 0.6 is 7.82 Å². The van der Waals surface area contributed by atoms with Crippen LogP contribution in [0, 0.1) is 0 Å². The fourth-order valence-electron chi connectivity index (χ4n) is 9.31. The van der Waals surface area contributed by atoms with E-state index in [1.54, 1.807) is 0 Å². The summed E-state index contributed by atoms with van der Waals surface area (Å²) in [6.45, 7) is 4.43. The third kappa shape index (κ3) is 61.2.